The fourth-order valence-electron chi connectivity index (χ4n) is 6.14. The van der Waals surface area contributed by atoms with Crippen LogP contribution in [0.25, 0.3) is 77.2 Å². The van der Waals surface area contributed by atoms with Gasteiger partial charge in [0.2, 0.25) is 5.95 Å². The minimum absolute atomic E-state index is 0.866. The molecule has 0 aliphatic rings. The van der Waals surface area contributed by atoms with Crippen LogP contribution in [0.4, 0.5) is 0 Å². The number of imidazole rings is 1. The van der Waals surface area contributed by atoms with Crippen molar-refractivity contribution in [2.45, 2.75) is 0 Å². The number of fused-ring (bicyclic) bond motifs is 8. The number of aromatic nitrogens is 3. The van der Waals surface area contributed by atoms with Crippen LogP contribution in [0.1, 0.15) is 0 Å². The van der Waals surface area contributed by atoms with Crippen molar-refractivity contribution in [2.75, 3.05) is 0 Å². The van der Waals surface area contributed by atoms with Crippen molar-refractivity contribution in [3.8, 4) is 11.6 Å². The van der Waals surface area contributed by atoms with Crippen molar-refractivity contribution in [2.24, 2.45) is 0 Å². The van der Waals surface area contributed by atoms with E-state index in [4.69, 9.17) is 9.40 Å². The number of furan rings is 1. The maximum absolute atomic E-state index is 6.28. The molecule has 0 unspecified atom stereocenters. The van der Waals surface area contributed by atoms with E-state index < -0.39 is 0 Å². The molecule has 0 saturated heterocycles. The lowest BCUT2D eigenvalue weighted by Gasteiger charge is -2.13. The van der Waals surface area contributed by atoms with Crippen LogP contribution in [0.15, 0.2) is 132 Å². The lowest BCUT2D eigenvalue weighted by molar-refractivity contribution is 0.669. The number of para-hydroxylation sites is 4. The van der Waals surface area contributed by atoms with Crippen molar-refractivity contribution >= 4 is 65.6 Å². The average Bonchev–Trinajstić information content (AvgIpc) is 3.64. The highest BCUT2D eigenvalue weighted by Crippen LogP contribution is 2.39. The van der Waals surface area contributed by atoms with Crippen LogP contribution in [-0.4, -0.2) is 14.1 Å². The molecule has 0 bridgehead atoms. The first kappa shape index (κ1) is 20.7. The average molecular weight is 500 g/mol. The van der Waals surface area contributed by atoms with Gasteiger partial charge in [0.05, 0.1) is 22.1 Å². The molecule has 0 aliphatic carbocycles. The lowest BCUT2D eigenvalue weighted by atomic mass is 10.1. The van der Waals surface area contributed by atoms with E-state index >= 15 is 0 Å². The van der Waals surface area contributed by atoms with Crippen molar-refractivity contribution in [1.29, 1.82) is 0 Å². The van der Waals surface area contributed by atoms with E-state index in [2.05, 4.69) is 124 Å². The van der Waals surface area contributed by atoms with Crippen LogP contribution >= 0.6 is 0 Å². The molecule has 0 amide bonds. The summed E-state index contributed by atoms with van der Waals surface area (Å²) in [7, 11) is 0. The Morgan fingerprint density at radius 1 is 0.462 bits per heavy atom. The standard InChI is InChI=1S/C35H21N3O/c1-2-10-23-19-24(18-17-22(23)9-1)37-31-15-7-5-13-29(31)36-35(37)38-30-14-6-3-11-25(30)27-21-34-28(20-32(27)38)26-12-4-8-16-33(26)39-34/h1-21H. The van der Waals surface area contributed by atoms with E-state index in [0.29, 0.717) is 0 Å². The molecule has 0 fully saturated rings. The number of rotatable bonds is 2. The summed E-state index contributed by atoms with van der Waals surface area (Å²) in [5, 5.41) is 6.97. The zero-order valence-corrected chi connectivity index (χ0v) is 20.9. The summed E-state index contributed by atoms with van der Waals surface area (Å²) < 4.78 is 10.9. The largest absolute Gasteiger partial charge is 0.456 e. The van der Waals surface area contributed by atoms with Gasteiger partial charge in [0.25, 0.3) is 0 Å². The molecule has 0 N–H and O–H groups in total. The molecule has 0 atom stereocenters. The number of hydrogen-bond acceptors (Lipinski definition) is 2. The fraction of sp³-hybridized carbons (Fsp3) is 0. The highest BCUT2D eigenvalue weighted by molar-refractivity contribution is 6.17. The second-order valence-corrected chi connectivity index (χ2v) is 10.1. The van der Waals surface area contributed by atoms with Gasteiger partial charge in [-0.25, -0.2) is 4.98 Å². The predicted octanol–water partition coefficient (Wildman–Crippen LogP) is 9.18. The van der Waals surface area contributed by atoms with Gasteiger partial charge < -0.3 is 4.42 Å². The monoisotopic (exact) mass is 499 g/mol. The molecular formula is C35H21N3O. The Morgan fingerprint density at radius 2 is 1.21 bits per heavy atom. The van der Waals surface area contributed by atoms with Gasteiger partial charge in [-0.3, -0.25) is 9.13 Å². The van der Waals surface area contributed by atoms with Crippen LogP contribution in [0.2, 0.25) is 0 Å². The highest BCUT2D eigenvalue weighted by Gasteiger charge is 2.21. The van der Waals surface area contributed by atoms with Crippen molar-refractivity contribution < 1.29 is 4.42 Å². The summed E-state index contributed by atoms with van der Waals surface area (Å²) in [6, 6.07) is 44.8. The minimum Gasteiger partial charge on any atom is -0.456 e. The number of nitrogens with zero attached hydrogens (tertiary/aromatic N) is 3. The Bertz CT molecular complexity index is 2400. The first-order valence-corrected chi connectivity index (χ1v) is 13.1. The molecule has 4 nitrogen and oxygen atoms in total. The Hall–Kier alpha value is -5.35. The molecule has 0 aliphatic heterocycles. The van der Waals surface area contributed by atoms with Crippen molar-refractivity contribution in [3.63, 3.8) is 0 Å². The maximum Gasteiger partial charge on any atom is 0.220 e. The van der Waals surface area contributed by atoms with Crippen molar-refractivity contribution in [3.05, 3.63) is 127 Å². The molecule has 39 heavy (non-hydrogen) atoms. The molecule has 0 radical (unpaired) electrons. The smallest absolute Gasteiger partial charge is 0.220 e. The van der Waals surface area contributed by atoms with Crippen LogP contribution in [0, 0.1) is 0 Å². The minimum atomic E-state index is 0.866. The first-order valence-electron chi connectivity index (χ1n) is 13.1. The molecule has 0 saturated carbocycles. The summed E-state index contributed by atoms with van der Waals surface area (Å²) in [6.07, 6.45) is 0. The molecule has 3 heterocycles. The van der Waals surface area contributed by atoms with Crippen LogP contribution in [0.5, 0.6) is 0 Å². The second-order valence-electron chi connectivity index (χ2n) is 10.1. The van der Waals surface area contributed by atoms with Crippen LogP contribution in [0.3, 0.4) is 0 Å². The van der Waals surface area contributed by atoms with Gasteiger partial charge >= 0.3 is 0 Å². The van der Waals surface area contributed by atoms with Crippen LogP contribution < -0.4 is 0 Å². The predicted molar refractivity (Wildman–Crippen MR) is 160 cm³/mol. The summed E-state index contributed by atoms with van der Waals surface area (Å²) in [5.41, 5.74) is 7.13. The quantitative estimate of drug-likeness (QED) is 0.238. The lowest BCUT2D eigenvalue weighted by Crippen LogP contribution is -2.05. The van der Waals surface area contributed by atoms with E-state index in [-0.39, 0.29) is 0 Å². The Morgan fingerprint density at radius 3 is 2.13 bits per heavy atom. The number of benzene rings is 6. The Balaban J connectivity index is 1.45. The molecule has 4 heteroatoms. The second kappa shape index (κ2) is 7.59. The van der Waals surface area contributed by atoms with E-state index in [9.17, 15) is 0 Å². The van der Waals surface area contributed by atoms with Gasteiger partial charge in [0.1, 0.15) is 11.2 Å². The maximum atomic E-state index is 6.28. The Kier molecular flexibility index (Phi) is 4.02. The van der Waals surface area contributed by atoms with Crippen LogP contribution in [-0.2, 0) is 0 Å². The number of hydrogen-bond donors (Lipinski definition) is 0. The molecule has 3 aromatic heterocycles. The van der Waals surface area contributed by atoms with Crippen molar-refractivity contribution in [1.82, 2.24) is 14.1 Å². The molecule has 0 spiro atoms. The summed E-state index contributed by atoms with van der Waals surface area (Å²) in [6.45, 7) is 0. The SMILES string of the molecule is c1ccc2cc(-n3c(-n4c5ccccc5c5cc6oc7ccccc7c6cc54)nc4ccccc43)ccc2c1. The highest BCUT2D eigenvalue weighted by atomic mass is 16.3. The summed E-state index contributed by atoms with van der Waals surface area (Å²) in [5.74, 6) is 0.866. The first-order chi connectivity index (χ1) is 19.3. The van der Waals surface area contributed by atoms with Gasteiger partial charge in [0, 0.05) is 27.2 Å². The van der Waals surface area contributed by atoms with Gasteiger partial charge in [-0.2, -0.15) is 0 Å². The Labute approximate surface area is 222 Å². The zero-order valence-electron chi connectivity index (χ0n) is 20.9. The normalized spacial score (nSPS) is 12.1. The van der Waals surface area contributed by atoms with E-state index in [1.165, 1.54) is 16.2 Å². The van der Waals surface area contributed by atoms with E-state index in [1.807, 2.05) is 12.1 Å². The fourth-order valence-corrected chi connectivity index (χ4v) is 6.14. The molecule has 6 aromatic carbocycles. The van der Waals surface area contributed by atoms with E-state index in [1.54, 1.807) is 0 Å². The topological polar surface area (TPSA) is 35.9 Å². The third kappa shape index (κ3) is 2.85. The van der Waals surface area contributed by atoms with Gasteiger partial charge in [-0.15, -0.1) is 0 Å². The van der Waals surface area contributed by atoms with Gasteiger partial charge in [0.15, 0.2) is 0 Å². The van der Waals surface area contributed by atoms with Gasteiger partial charge in [-0.1, -0.05) is 78.9 Å². The summed E-state index contributed by atoms with van der Waals surface area (Å²) in [4.78, 5) is 5.24. The molecular weight excluding hydrogens is 478 g/mol. The summed E-state index contributed by atoms with van der Waals surface area (Å²) >= 11 is 0. The third-order valence-electron chi connectivity index (χ3n) is 7.91. The zero-order chi connectivity index (χ0) is 25.5. The molecule has 182 valence electrons. The van der Waals surface area contributed by atoms with E-state index in [0.717, 1.165) is 61.0 Å². The third-order valence-corrected chi connectivity index (χ3v) is 7.91. The van der Waals surface area contributed by atoms with Gasteiger partial charge in [-0.05, 0) is 59.3 Å². The molecule has 9 rings (SSSR count). The molecule has 9 aromatic rings.